The van der Waals surface area contributed by atoms with Gasteiger partial charge in [0, 0.05) is 6.21 Å². The summed E-state index contributed by atoms with van der Waals surface area (Å²) in [5.74, 6) is 0. The molecule has 16 heavy (non-hydrogen) atoms. The molecule has 0 amide bonds. The second-order valence-corrected chi connectivity index (χ2v) is 3.26. The van der Waals surface area contributed by atoms with Gasteiger partial charge in [-0.2, -0.15) is 0 Å². The van der Waals surface area contributed by atoms with Crippen molar-refractivity contribution in [1.82, 2.24) is 5.32 Å². The lowest BCUT2D eigenvalue weighted by Crippen LogP contribution is -2.22. The van der Waals surface area contributed by atoms with Gasteiger partial charge in [0.25, 0.3) is 0 Å². The molecule has 0 saturated heterocycles. The number of anilines is 1. The number of nitrogens with zero attached hydrogens (tertiary/aromatic N) is 1. The first kappa shape index (κ1) is 12.0. The zero-order chi connectivity index (χ0) is 11.8. The lowest BCUT2D eigenvalue weighted by atomic mass is 10.2. The third-order valence-corrected chi connectivity index (χ3v) is 2.02. The Bertz CT molecular complexity index is 394. The van der Waals surface area contributed by atoms with Crippen LogP contribution in [0.25, 0.3) is 0 Å². The maximum absolute atomic E-state index is 5.78. The second-order valence-electron chi connectivity index (χ2n) is 3.26. The van der Waals surface area contributed by atoms with Crippen LogP contribution in [0.15, 0.2) is 54.2 Å². The van der Waals surface area contributed by atoms with E-state index in [0.29, 0.717) is 5.69 Å². The third kappa shape index (κ3) is 3.61. The third-order valence-electron chi connectivity index (χ3n) is 2.02. The van der Waals surface area contributed by atoms with Crippen LogP contribution in [0.4, 0.5) is 11.4 Å². The highest BCUT2D eigenvalue weighted by Gasteiger charge is 1.97. The number of benzene rings is 1. The molecule has 0 fully saturated rings. The van der Waals surface area contributed by atoms with Gasteiger partial charge in [0.15, 0.2) is 0 Å². The van der Waals surface area contributed by atoms with Crippen molar-refractivity contribution in [2.45, 2.75) is 13.0 Å². The van der Waals surface area contributed by atoms with Crippen LogP contribution in [0.5, 0.6) is 0 Å². The Labute approximate surface area is 96.4 Å². The van der Waals surface area contributed by atoms with Crippen LogP contribution < -0.4 is 11.1 Å². The van der Waals surface area contributed by atoms with Crippen molar-refractivity contribution in [2.24, 2.45) is 4.99 Å². The Morgan fingerprint density at radius 1 is 1.44 bits per heavy atom. The SMILES string of the molecule is C=CNC(C=Nc1ccccc1N)/C=C\C. The molecule has 0 aromatic heterocycles. The van der Waals surface area contributed by atoms with E-state index in [9.17, 15) is 0 Å². The predicted octanol–water partition coefficient (Wildman–Crippen LogP) is 2.65. The molecule has 0 saturated carbocycles. The van der Waals surface area contributed by atoms with Crippen LogP contribution in [0.2, 0.25) is 0 Å². The van der Waals surface area contributed by atoms with Crippen molar-refractivity contribution in [1.29, 1.82) is 0 Å². The van der Waals surface area contributed by atoms with Gasteiger partial charge in [-0.3, -0.25) is 4.99 Å². The molecule has 0 spiro atoms. The molecule has 1 aromatic rings. The molecule has 84 valence electrons. The van der Waals surface area contributed by atoms with E-state index < -0.39 is 0 Å². The van der Waals surface area contributed by atoms with E-state index in [-0.39, 0.29) is 6.04 Å². The van der Waals surface area contributed by atoms with Crippen LogP contribution in [0.3, 0.4) is 0 Å². The smallest absolute Gasteiger partial charge is 0.0856 e. The number of allylic oxidation sites excluding steroid dienone is 1. The second kappa shape index (κ2) is 6.45. The molecule has 0 radical (unpaired) electrons. The summed E-state index contributed by atoms with van der Waals surface area (Å²) in [4.78, 5) is 4.33. The van der Waals surface area contributed by atoms with E-state index in [1.165, 1.54) is 0 Å². The highest BCUT2D eigenvalue weighted by Crippen LogP contribution is 2.19. The van der Waals surface area contributed by atoms with E-state index in [2.05, 4.69) is 16.9 Å². The molecular weight excluding hydrogens is 198 g/mol. The number of nitrogens with two attached hydrogens (primary N) is 1. The van der Waals surface area contributed by atoms with Crippen LogP contribution in [0.1, 0.15) is 6.92 Å². The number of rotatable bonds is 5. The van der Waals surface area contributed by atoms with Crippen molar-refractivity contribution in [3.05, 3.63) is 49.2 Å². The summed E-state index contributed by atoms with van der Waals surface area (Å²) in [6.07, 6.45) is 7.39. The van der Waals surface area contributed by atoms with Gasteiger partial charge in [-0.15, -0.1) is 0 Å². The number of aliphatic imine (C=N–C) groups is 1. The monoisotopic (exact) mass is 215 g/mol. The number of nitrogen functional groups attached to an aromatic ring is 1. The minimum absolute atomic E-state index is 0.0436. The van der Waals surface area contributed by atoms with Crippen LogP contribution in [-0.4, -0.2) is 12.3 Å². The van der Waals surface area contributed by atoms with Gasteiger partial charge >= 0.3 is 0 Å². The summed E-state index contributed by atoms with van der Waals surface area (Å²) in [7, 11) is 0. The molecule has 0 aliphatic rings. The molecule has 0 aliphatic heterocycles. The maximum atomic E-state index is 5.78. The normalized spacial score (nSPS) is 13.1. The Morgan fingerprint density at radius 3 is 2.81 bits per heavy atom. The van der Waals surface area contributed by atoms with Crippen molar-refractivity contribution in [2.75, 3.05) is 5.73 Å². The van der Waals surface area contributed by atoms with Crippen LogP contribution in [-0.2, 0) is 0 Å². The van der Waals surface area contributed by atoms with Crippen LogP contribution in [0, 0.1) is 0 Å². The van der Waals surface area contributed by atoms with E-state index in [1.54, 1.807) is 12.4 Å². The minimum Gasteiger partial charge on any atom is -0.397 e. The predicted molar refractivity (Wildman–Crippen MR) is 70.9 cm³/mol. The van der Waals surface area contributed by atoms with Gasteiger partial charge in [0.2, 0.25) is 0 Å². The summed E-state index contributed by atoms with van der Waals surface area (Å²) in [6.45, 7) is 5.58. The number of hydrogen-bond acceptors (Lipinski definition) is 3. The fourth-order valence-electron chi connectivity index (χ4n) is 1.26. The van der Waals surface area contributed by atoms with Crippen LogP contribution >= 0.6 is 0 Å². The Morgan fingerprint density at radius 2 is 2.19 bits per heavy atom. The molecule has 1 rings (SSSR count). The van der Waals surface area contributed by atoms with Gasteiger partial charge in [0.05, 0.1) is 17.4 Å². The molecule has 3 nitrogen and oxygen atoms in total. The topological polar surface area (TPSA) is 50.4 Å². The summed E-state index contributed by atoms with van der Waals surface area (Å²) in [6, 6.07) is 7.56. The highest BCUT2D eigenvalue weighted by molar-refractivity contribution is 5.75. The number of hydrogen-bond donors (Lipinski definition) is 2. The number of nitrogens with one attached hydrogen (secondary N) is 1. The molecular formula is C13H17N3. The van der Waals surface area contributed by atoms with E-state index >= 15 is 0 Å². The standard InChI is InChI=1S/C13H17N3/c1-3-7-11(15-4-2)10-16-13-9-6-5-8-12(13)14/h3-11,15H,2,14H2,1H3/b7-3-,16-10?. The van der Waals surface area contributed by atoms with Crippen molar-refractivity contribution in [3.8, 4) is 0 Å². The van der Waals surface area contributed by atoms with E-state index in [0.717, 1.165) is 5.69 Å². The first-order chi connectivity index (χ1) is 7.77. The summed E-state index contributed by atoms with van der Waals surface area (Å²) < 4.78 is 0. The lowest BCUT2D eigenvalue weighted by Gasteiger charge is -2.06. The molecule has 1 atom stereocenters. The van der Waals surface area contributed by atoms with Gasteiger partial charge in [-0.25, -0.2) is 0 Å². The molecule has 0 bridgehead atoms. The maximum Gasteiger partial charge on any atom is 0.0856 e. The van der Waals surface area contributed by atoms with Crippen molar-refractivity contribution >= 4 is 17.6 Å². The average molecular weight is 215 g/mol. The summed E-state index contributed by atoms with van der Waals surface area (Å²) >= 11 is 0. The summed E-state index contributed by atoms with van der Waals surface area (Å²) in [5, 5.41) is 3.06. The zero-order valence-electron chi connectivity index (χ0n) is 9.43. The Kier molecular flexibility index (Phi) is 4.86. The summed E-state index contributed by atoms with van der Waals surface area (Å²) in [5.41, 5.74) is 7.24. The first-order valence-electron chi connectivity index (χ1n) is 5.16. The van der Waals surface area contributed by atoms with Gasteiger partial charge in [0.1, 0.15) is 0 Å². The lowest BCUT2D eigenvalue weighted by molar-refractivity contribution is 0.891. The first-order valence-corrected chi connectivity index (χ1v) is 5.16. The Hall–Kier alpha value is -2.03. The molecule has 1 aromatic carbocycles. The van der Waals surface area contributed by atoms with Gasteiger partial charge in [-0.05, 0) is 25.3 Å². The largest absolute Gasteiger partial charge is 0.397 e. The minimum atomic E-state index is 0.0436. The molecule has 3 heteroatoms. The molecule has 1 unspecified atom stereocenters. The van der Waals surface area contributed by atoms with Crippen molar-refractivity contribution in [3.63, 3.8) is 0 Å². The molecule has 0 aliphatic carbocycles. The van der Waals surface area contributed by atoms with Gasteiger partial charge < -0.3 is 11.1 Å². The molecule has 0 heterocycles. The van der Waals surface area contributed by atoms with Gasteiger partial charge in [-0.1, -0.05) is 30.9 Å². The Balaban J connectivity index is 2.77. The van der Waals surface area contributed by atoms with E-state index in [4.69, 9.17) is 5.73 Å². The quantitative estimate of drug-likeness (QED) is 0.450. The fraction of sp³-hybridized carbons (Fsp3) is 0.154. The van der Waals surface area contributed by atoms with Crippen molar-refractivity contribution < 1.29 is 0 Å². The average Bonchev–Trinajstić information content (AvgIpc) is 2.28. The zero-order valence-corrected chi connectivity index (χ0v) is 9.43. The highest BCUT2D eigenvalue weighted by atomic mass is 14.9. The molecule has 3 N–H and O–H groups in total. The van der Waals surface area contributed by atoms with E-state index in [1.807, 2.05) is 43.3 Å². The number of para-hydroxylation sites is 2. The fourth-order valence-corrected chi connectivity index (χ4v) is 1.26.